The molecule has 0 N–H and O–H groups in total. The molecule has 0 fully saturated rings. The Labute approximate surface area is 88.0 Å². The topological polar surface area (TPSA) is 0 Å². The zero-order valence-electron chi connectivity index (χ0n) is 9.56. The van der Waals surface area contributed by atoms with Crippen molar-refractivity contribution in [2.24, 2.45) is 0 Å². The van der Waals surface area contributed by atoms with E-state index in [0.29, 0.717) is 0 Å². The quantitative estimate of drug-likeness (QED) is 0.554. The Kier molecular flexibility index (Phi) is 5.62. The molecule has 0 aromatic carbocycles. The first-order valence-electron chi connectivity index (χ1n) is 4.89. The maximum atomic E-state index is 3.98. The summed E-state index contributed by atoms with van der Waals surface area (Å²) in [5.41, 5.74) is 4.80. The third-order valence-corrected chi connectivity index (χ3v) is 2.27. The van der Waals surface area contributed by atoms with Gasteiger partial charge < -0.3 is 0 Å². The van der Waals surface area contributed by atoms with E-state index in [0.717, 1.165) is 17.6 Å². The average molecular weight is 188 g/mol. The molecule has 0 amide bonds. The summed E-state index contributed by atoms with van der Waals surface area (Å²) in [6.07, 6.45) is 6.62. The molecule has 0 nitrogen and oxygen atoms in total. The highest BCUT2D eigenvalue weighted by Gasteiger charge is 2.03. The average Bonchev–Trinajstić information content (AvgIpc) is 2.14. The van der Waals surface area contributed by atoms with Crippen molar-refractivity contribution in [3.63, 3.8) is 0 Å². The number of hydrogen-bond donors (Lipinski definition) is 0. The molecule has 0 atom stereocenters. The molecule has 0 rings (SSSR count). The smallest absolute Gasteiger partial charge is 0.0231 e. The summed E-state index contributed by atoms with van der Waals surface area (Å²) in [6, 6.07) is 0. The zero-order valence-corrected chi connectivity index (χ0v) is 9.56. The molecule has 76 valence electrons. The summed E-state index contributed by atoms with van der Waals surface area (Å²) >= 11 is 0. The molecule has 0 saturated heterocycles. The molecular weight excluding hydrogens is 168 g/mol. The highest BCUT2D eigenvalue weighted by Crippen LogP contribution is 2.22. The highest BCUT2D eigenvalue weighted by molar-refractivity contribution is 5.47. The molecule has 0 aliphatic carbocycles. The summed E-state index contributed by atoms with van der Waals surface area (Å²) in [5.74, 6) is 0. The fraction of sp³-hybridized carbons (Fsp3) is 0.286. The third kappa shape index (κ3) is 3.21. The second-order valence-electron chi connectivity index (χ2n) is 3.30. The van der Waals surface area contributed by atoms with Gasteiger partial charge in [-0.3, -0.25) is 0 Å². The van der Waals surface area contributed by atoms with Gasteiger partial charge in [-0.1, -0.05) is 50.5 Å². The van der Waals surface area contributed by atoms with Crippen molar-refractivity contribution in [1.82, 2.24) is 0 Å². The molecule has 0 aliphatic heterocycles. The molecule has 0 saturated carbocycles. The maximum absolute atomic E-state index is 3.98. The predicted molar refractivity (Wildman–Crippen MR) is 66.3 cm³/mol. The molecule has 0 bridgehead atoms. The SMILES string of the molecule is C=C/C=C(C=C)/C(C)=C(\CC)C(=C)C. The van der Waals surface area contributed by atoms with E-state index in [1.165, 1.54) is 11.1 Å². The summed E-state index contributed by atoms with van der Waals surface area (Å²) in [6.45, 7) is 17.7. The Morgan fingerprint density at radius 2 is 1.79 bits per heavy atom. The Hall–Kier alpha value is -1.30. The third-order valence-electron chi connectivity index (χ3n) is 2.27. The van der Waals surface area contributed by atoms with Gasteiger partial charge in [-0.05, 0) is 37.0 Å². The largest absolute Gasteiger partial charge is 0.0990 e. The van der Waals surface area contributed by atoms with Crippen LogP contribution in [0.25, 0.3) is 0 Å². The second-order valence-corrected chi connectivity index (χ2v) is 3.30. The lowest BCUT2D eigenvalue weighted by atomic mass is 9.95. The van der Waals surface area contributed by atoms with Crippen LogP contribution in [0, 0.1) is 0 Å². The predicted octanol–water partition coefficient (Wildman–Crippen LogP) is 4.59. The van der Waals surface area contributed by atoms with Gasteiger partial charge >= 0.3 is 0 Å². The van der Waals surface area contributed by atoms with E-state index >= 15 is 0 Å². The van der Waals surface area contributed by atoms with Gasteiger partial charge in [0.15, 0.2) is 0 Å². The van der Waals surface area contributed by atoms with E-state index in [1.807, 2.05) is 19.1 Å². The molecule has 0 unspecified atom stereocenters. The maximum Gasteiger partial charge on any atom is -0.0231 e. The summed E-state index contributed by atoms with van der Waals surface area (Å²) in [5, 5.41) is 0. The van der Waals surface area contributed by atoms with Crippen LogP contribution < -0.4 is 0 Å². The van der Waals surface area contributed by atoms with Crippen LogP contribution in [0.5, 0.6) is 0 Å². The Morgan fingerprint density at radius 3 is 2.07 bits per heavy atom. The molecule has 0 aromatic heterocycles. The molecule has 14 heavy (non-hydrogen) atoms. The zero-order chi connectivity index (χ0) is 11.1. The fourth-order valence-electron chi connectivity index (χ4n) is 1.53. The van der Waals surface area contributed by atoms with E-state index in [1.54, 1.807) is 6.08 Å². The Morgan fingerprint density at radius 1 is 1.21 bits per heavy atom. The van der Waals surface area contributed by atoms with Crippen LogP contribution in [0.4, 0.5) is 0 Å². The lowest BCUT2D eigenvalue weighted by Gasteiger charge is -2.10. The standard InChI is InChI=1S/C14H20/c1-7-10-13(8-2)12(6)14(9-3)11(4)5/h7-8,10H,1-2,4,9H2,3,5-6H3/b13-10+,14-12+. The Balaban J connectivity index is 5.31. The van der Waals surface area contributed by atoms with E-state index in [-0.39, 0.29) is 0 Å². The Bertz CT molecular complexity index is 298. The first-order chi connectivity index (χ1) is 6.58. The molecule has 0 heterocycles. The van der Waals surface area contributed by atoms with Crippen molar-refractivity contribution < 1.29 is 0 Å². The second kappa shape index (κ2) is 6.20. The van der Waals surface area contributed by atoms with Gasteiger partial charge in [0.05, 0.1) is 0 Å². The van der Waals surface area contributed by atoms with Crippen LogP contribution in [0.3, 0.4) is 0 Å². The first-order valence-corrected chi connectivity index (χ1v) is 4.89. The summed E-state index contributed by atoms with van der Waals surface area (Å²) in [7, 11) is 0. The van der Waals surface area contributed by atoms with Crippen LogP contribution in [-0.4, -0.2) is 0 Å². The first kappa shape index (κ1) is 12.7. The van der Waals surface area contributed by atoms with Crippen LogP contribution in [0.2, 0.25) is 0 Å². The van der Waals surface area contributed by atoms with E-state index in [4.69, 9.17) is 0 Å². The van der Waals surface area contributed by atoms with Crippen LogP contribution in [-0.2, 0) is 0 Å². The van der Waals surface area contributed by atoms with Crippen LogP contribution in [0.1, 0.15) is 27.2 Å². The molecule has 0 aliphatic rings. The highest BCUT2D eigenvalue weighted by atomic mass is 14.1. The minimum absolute atomic E-state index is 1.00. The van der Waals surface area contributed by atoms with Crippen molar-refractivity contribution in [2.75, 3.05) is 0 Å². The molecular formula is C14H20. The van der Waals surface area contributed by atoms with Gasteiger partial charge in [0.25, 0.3) is 0 Å². The molecule has 0 aromatic rings. The molecule has 0 radical (unpaired) electrons. The fourth-order valence-corrected chi connectivity index (χ4v) is 1.53. The van der Waals surface area contributed by atoms with Gasteiger partial charge in [0, 0.05) is 0 Å². The van der Waals surface area contributed by atoms with Crippen molar-refractivity contribution in [3.05, 3.63) is 60.3 Å². The van der Waals surface area contributed by atoms with Crippen molar-refractivity contribution in [1.29, 1.82) is 0 Å². The molecule has 0 heteroatoms. The van der Waals surface area contributed by atoms with Crippen LogP contribution >= 0.6 is 0 Å². The molecule has 0 spiro atoms. The minimum Gasteiger partial charge on any atom is -0.0990 e. The number of allylic oxidation sites excluding steroid dienone is 7. The van der Waals surface area contributed by atoms with Crippen molar-refractivity contribution in [3.8, 4) is 0 Å². The van der Waals surface area contributed by atoms with Gasteiger partial charge in [0.1, 0.15) is 0 Å². The number of hydrogen-bond acceptors (Lipinski definition) is 0. The van der Waals surface area contributed by atoms with Crippen molar-refractivity contribution in [2.45, 2.75) is 27.2 Å². The van der Waals surface area contributed by atoms with E-state index in [9.17, 15) is 0 Å². The number of rotatable bonds is 5. The normalized spacial score (nSPS) is 13.2. The van der Waals surface area contributed by atoms with Crippen molar-refractivity contribution >= 4 is 0 Å². The lowest BCUT2D eigenvalue weighted by molar-refractivity contribution is 1.07. The van der Waals surface area contributed by atoms with Crippen LogP contribution in [0.15, 0.2) is 60.3 Å². The minimum atomic E-state index is 1.00. The van der Waals surface area contributed by atoms with E-state index < -0.39 is 0 Å². The monoisotopic (exact) mass is 188 g/mol. The summed E-state index contributed by atoms with van der Waals surface area (Å²) < 4.78 is 0. The van der Waals surface area contributed by atoms with E-state index in [2.05, 4.69) is 33.6 Å². The summed E-state index contributed by atoms with van der Waals surface area (Å²) in [4.78, 5) is 0. The van der Waals surface area contributed by atoms with Gasteiger partial charge in [-0.2, -0.15) is 0 Å². The van der Waals surface area contributed by atoms with Gasteiger partial charge in [-0.25, -0.2) is 0 Å². The van der Waals surface area contributed by atoms with Gasteiger partial charge in [-0.15, -0.1) is 0 Å². The van der Waals surface area contributed by atoms with Gasteiger partial charge in [0.2, 0.25) is 0 Å². The lowest BCUT2D eigenvalue weighted by Crippen LogP contribution is -1.91.